The van der Waals surface area contributed by atoms with Crippen LogP contribution < -0.4 is 10.5 Å². The van der Waals surface area contributed by atoms with Crippen LogP contribution in [-0.2, 0) is 6.54 Å². The fourth-order valence-electron chi connectivity index (χ4n) is 5.47. The first kappa shape index (κ1) is 24.2. The van der Waals surface area contributed by atoms with E-state index in [4.69, 9.17) is 15.5 Å². The molecule has 1 aliphatic heterocycles. The number of fused-ring (bicyclic) bond motifs is 2. The first-order valence-corrected chi connectivity index (χ1v) is 12.9. The number of rotatable bonds is 5. The molecule has 0 unspecified atom stereocenters. The van der Waals surface area contributed by atoms with E-state index >= 15 is 0 Å². The van der Waals surface area contributed by atoms with Gasteiger partial charge in [0.25, 0.3) is 5.91 Å². The number of aryl methyl sites for hydroxylation is 1. The van der Waals surface area contributed by atoms with Crippen molar-refractivity contribution in [3.8, 4) is 17.1 Å². The zero-order chi connectivity index (χ0) is 26.4. The molecular formula is C30H30FN5O2. The largest absolute Gasteiger partial charge is 0.497 e. The van der Waals surface area contributed by atoms with Crippen molar-refractivity contribution in [1.82, 2.24) is 18.9 Å². The number of ether oxygens (including phenoxy) is 1. The van der Waals surface area contributed by atoms with Gasteiger partial charge in [-0.25, -0.2) is 9.37 Å². The summed E-state index contributed by atoms with van der Waals surface area (Å²) in [6.07, 6.45) is 3.76. The SMILES string of the molecule is COc1cccc(Cn2c(-c3nc4cc(C(=O)N5CCC[C@@H](N)C5)ccn4c3C)cc3ccc(F)cc32)c1. The van der Waals surface area contributed by atoms with Crippen molar-refractivity contribution < 1.29 is 13.9 Å². The Balaban J connectivity index is 1.44. The predicted molar refractivity (Wildman–Crippen MR) is 146 cm³/mol. The van der Waals surface area contributed by atoms with Gasteiger partial charge < -0.3 is 24.3 Å². The van der Waals surface area contributed by atoms with Gasteiger partial charge in [0.05, 0.1) is 18.3 Å². The molecule has 3 aromatic heterocycles. The van der Waals surface area contributed by atoms with E-state index in [1.54, 1.807) is 19.2 Å². The maximum Gasteiger partial charge on any atom is 0.254 e. The Morgan fingerprint density at radius 3 is 2.84 bits per heavy atom. The summed E-state index contributed by atoms with van der Waals surface area (Å²) in [6.45, 7) is 3.82. The second-order valence-electron chi connectivity index (χ2n) is 10.0. The van der Waals surface area contributed by atoms with Gasteiger partial charge in [0.2, 0.25) is 0 Å². The monoisotopic (exact) mass is 511 g/mol. The topological polar surface area (TPSA) is 77.8 Å². The zero-order valence-corrected chi connectivity index (χ0v) is 21.5. The number of benzene rings is 2. The van der Waals surface area contributed by atoms with Gasteiger partial charge in [-0.15, -0.1) is 0 Å². The van der Waals surface area contributed by atoms with Gasteiger partial charge in [0, 0.05) is 48.5 Å². The molecule has 0 bridgehead atoms. The van der Waals surface area contributed by atoms with Crippen molar-refractivity contribution in [2.45, 2.75) is 32.4 Å². The molecule has 1 aliphatic rings. The van der Waals surface area contributed by atoms with Crippen molar-refractivity contribution in [2.75, 3.05) is 20.2 Å². The highest BCUT2D eigenvalue weighted by Gasteiger charge is 2.24. The Bertz CT molecular complexity index is 1670. The molecule has 2 aromatic carbocycles. The highest BCUT2D eigenvalue weighted by molar-refractivity contribution is 5.95. The molecule has 194 valence electrons. The molecule has 0 saturated carbocycles. The molecule has 0 spiro atoms. The highest BCUT2D eigenvalue weighted by Crippen LogP contribution is 2.32. The molecule has 38 heavy (non-hydrogen) atoms. The number of nitrogens with two attached hydrogens (primary N) is 1. The van der Waals surface area contributed by atoms with Crippen LogP contribution in [0.3, 0.4) is 0 Å². The standard InChI is InChI=1S/C30H30FN5O2/c1-19-29(33-28-15-22(10-12-35(19)28)30(37)34-11-4-6-24(32)18-34)27-14-21-8-9-23(31)16-26(21)36(27)17-20-5-3-7-25(13-20)38-2/h3,5,7-10,12-16,24H,4,6,11,17-18,32H2,1-2H3/t24-/m1/s1. The van der Waals surface area contributed by atoms with Crippen molar-refractivity contribution >= 4 is 22.5 Å². The minimum atomic E-state index is -0.290. The van der Waals surface area contributed by atoms with Gasteiger partial charge in [0.1, 0.15) is 22.9 Å². The number of likely N-dealkylation sites (tertiary alicyclic amines) is 1. The van der Waals surface area contributed by atoms with Crippen molar-refractivity contribution in [2.24, 2.45) is 5.73 Å². The quantitative estimate of drug-likeness (QED) is 0.359. The molecule has 2 N–H and O–H groups in total. The molecule has 1 amide bonds. The summed E-state index contributed by atoms with van der Waals surface area (Å²) in [5.74, 6) is 0.455. The van der Waals surface area contributed by atoms with Gasteiger partial charge in [0.15, 0.2) is 0 Å². The van der Waals surface area contributed by atoms with Gasteiger partial charge in [-0.3, -0.25) is 4.79 Å². The number of pyridine rings is 1. The van der Waals surface area contributed by atoms with Crippen molar-refractivity contribution in [3.63, 3.8) is 0 Å². The van der Waals surface area contributed by atoms with Crippen LogP contribution in [0.5, 0.6) is 5.75 Å². The van der Waals surface area contributed by atoms with Gasteiger partial charge in [-0.1, -0.05) is 12.1 Å². The van der Waals surface area contributed by atoms with E-state index in [-0.39, 0.29) is 17.8 Å². The number of imidazole rings is 1. The summed E-state index contributed by atoms with van der Waals surface area (Å²) in [7, 11) is 1.64. The Hall–Kier alpha value is -4.17. The fourth-order valence-corrected chi connectivity index (χ4v) is 5.47. The third kappa shape index (κ3) is 4.31. The first-order valence-electron chi connectivity index (χ1n) is 12.9. The molecule has 6 rings (SSSR count). The number of hydrogen-bond acceptors (Lipinski definition) is 4. The molecule has 5 aromatic rings. The molecule has 1 atom stereocenters. The second kappa shape index (κ2) is 9.61. The normalized spacial score (nSPS) is 15.9. The molecule has 0 aliphatic carbocycles. The number of methoxy groups -OCH3 is 1. The van der Waals surface area contributed by atoms with E-state index < -0.39 is 0 Å². The first-order chi connectivity index (χ1) is 18.4. The van der Waals surface area contributed by atoms with E-state index in [0.717, 1.165) is 58.7 Å². The average molecular weight is 512 g/mol. The lowest BCUT2D eigenvalue weighted by Gasteiger charge is -2.30. The Morgan fingerprint density at radius 1 is 1.16 bits per heavy atom. The van der Waals surface area contributed by atoms with Crippen LogP contribution >= 0.6 is 0 Å². The number of piperidine rings is 1. The number of nitrogens with zero attached hydrogens (tertiary/aromatic N) is 4. The third-order valence-electron chi connectivity index (χ3n) is 7.44. The van der Waals surface area contributed by atoms with E-state index in [1.807, 2.05) is 64.9 Å². The third-order valence-corrected chi connectivity index (χ3v) is 7.44. The number of halogens is 1. The number of hydrogen-bond donors (Lipinski definition) is 1. The summed E-state index contributed by atoms with van der Waals surface area (Å²) in [4.78, 5) is 20.0. The second-order valence-corrected chi connectivity index (χ2v) is 10.0. The van der Waals surface area contributed by atoms with Gasteiger partial charge >= 0.3 is 0 Å². The van der Waals surface area contributed by atoms with Gasteiger partial charge in [-0.05, 0) is 73.9 Å². The van der Waals surface area contributed by atoms with Gasteiger partial charge in [-0.2, -0.15) is 0 Å². The molecule has 0 radical (unpaired) electrons. The van der Waals surface area contributed by atoms with Crippen LogP contribution in [0.25, 0.3) is 27.9 Å². The smallest absolute Gasteiger partial charge is 0.254 e. The van der Waals surface area contributed by atoms with Crippen LogP contribution in [0.4, 0.5) is 4.39 Å². The number of amides is 1. The van der Waals surface area contributed by atoms with Crippen LogP contribution in [0.1, 0.15) is 34.5 Å². The predicted octanol–water partition coefficient (Wildman–Crippen LogP) is 5.02. The Morgan fingerprint density at radius 2 is 2.03 bits per heavy atom. The molecule has 7 nitrogen and oxygen atoms in total. The summed E-state index contributed by atoms with van der Waals surface area (Å²) in [5.41, 5.74) is 11.8. The van der Waals surface area contributed by atoms with E-state index in [2.05, 4.69) is 4.57 Å². The maximum atomic E-state index is 14.3. The Kier molecular flexibility index (Phi) is 6.12. The number of aromatic nitrogens is 3. The van der Waals surface area contributed by atoms with E-state index in [9.17, 15) is 9.18 Å². The lowest BCUT2D eigenvalue weighted by Crippen LogP contribution is -2.45. The lowest BCUT2D eigenvalue weighted by molar-refractivity contribution is 0.0709. The van der Waals surface area contributed by atoms with Crippen LogP contribution in [0.2, 0.25) is 0 Å². The summed E-state index contributed by atoms with van der Waals surface area (Å²) in [6, 6.07) is 18.4. The van der Waals surface area contributed by atoms with Crippen LogP contribution in [0.15, 0.2) is 66.9 Å². The number of carbonyl (C=O) groups is 1. The minimum absolute atomic E-state index is 0.0209. The Labute approximate surface area is 220 Å². The van der Waals surface area contributed by atoms with Crippen LogP contribution in [0, 0.1) is 12.7 Å². The summed E-state index contributed by atoms with van der Waals surface area (Å²) < 4.78 is 23.8. The highest BCUT2D eigenvalue weighted by atomic mass is 19.1. The molecule has 4 heterocycles. The van der Waals surface area contributed by atoms with Crippen molar-refractivity contribution in [1.29, 1.82) is 0 Å². The van der Waals surface area contributed by atoms with E-state index in [0.29, 0.717) is 24.3 Å². The fraction of sp³-hybridized carbons (Fsp3) is 0.267. The summed E-state index contributed by atoms with van der Waals surface area (Å²) in [5, 5.41) is 0.929. The van der Waals surface area contributed by atoms with Crippen LogP contribution in [-0.4, -0.2) is 51.0 Å². The van der Waals surface area contributed by atoms with E-state index in [1.165, 1.54) is 6.07 Å². The minimum Gasteiger partial charge on any atom is -0.497 e. The number of carbonyl (C=O) groups excluding carboxylic acids is 1. The lowest BCUT2D eigenvalue weighted by atomic mass is 10.1. The maximum absolute atomic E-state index is 14.3. The molecular weight excluding hydrogens is 481 g/mol. The molecule has 1 fully saturated rings. The molecule has 8 heteroatoms. The zero-order valence-electron chi connectivity index (χ0n) is 21.5. The average Bonchev–Trinajstić information content (AvgIpc) is 3.44. The van der Waals surface area contributed by atoms with Crippen molar-refractivity contribution in [3.05, 3.63) is 89.5 Å². The molecule has 1 saturated heterocycles. The summed E-state index contributed by atoms with van der Waals surface area (Å²) >= 11 is 0.